The number of para-hydroxylation sites is 1. The molecule has 2 atom stereocenters. The van der Waals surface area contributed by atoms with Gasteiger partial charge in [0.2, 0.25) is 11.8 Å². The monoisotopic (exact) mass is 535 g/mol. The average Bonchev–Trinajstić information content (AvgIpc) is 3.73. The highest BCUT2D eigenvalue weighted by Crippen LogP contribution is 2.34. The lowest BCUT2D eigenvalue weighted by atomic mass is 10.0. The molecule has 10 heteroatoms. The minimum Gasteiger partial charge on any atom is -0.493 e. The van der Waals surface area contributed by atoms with Crippen LogP contribution in [-0.4, -0.2) is 70.7 Å². The van der Waals surface area contributed by atoms with Gasteiger partial charge in [0.15, 0.2) is 11.5 Å². The molecule has 1 aliphatic heterocycles. The molecule has 10 nitrogen and oxygen atoms in total. The van der Waals surface area contributed by atoms with Crippen LogP contribution < -0.4 is 14.8 Å². The molecule has 208 valence electrons. The summed E-state index contributed by atoms with van der Waals surface area (Å²) < 4.78 is 18.8. The quantitative estimate of drug-likeness (QED) is 0.399. The number of aromatic nitrogens is 3. The zero-order valence-corrected chi connectivity index (χ0v) is 22.7. The van der Waals surface area contributed by atoms with Gasteiger partial charge >= 0.3 is 0 Å². The molecule has 2 amide bonds. The summed E-state index contributed by atoms with van der Waals surface area (Å²) in [4.78, 5) is 29.7. The van der Waals surface area contributed by atoms with Crippen LogP contribution in [-0.2, 0) is 20.9 Å². The van der Waals surface area contributed by atoms with Crippen molar-refractivity contribution >= 4 is 22.8 Å². The van der Waals surface area contributed by atoms with Crippen molar-refractivity contribution in [2.75, 3.05) is 26.9 Å². The maximum atomic E-state index is 14.1. The number of rotatable bonds is 11. The van der Waals surface area contributed by atoms with Crippen molar-refractivity contribution < 1.29 is 23.8 Å². The minimum atomic E-state index is -0.873. The SMILES string of the molecule is CCOc1ccc([C@@H](C(=O)NC2CCCC2)N(C[C@@H]2CCCO2)C(=O)Cn2nnc3ccccc32)cc1OC. The van der Waals surface area contributed by atoms with Crippen LogP contribution in [0.3, 0.4) is 0 Å². The third-order valence-corrected chi connectivity index (χ3v) is 7.51. The summed E-state index contributed by atoms with van der Waals surface area (Å²) in [6.45, 7) is 3.28. The van der Waals surface area contributed by atoms with Gasteiger partial charge in [-0.05, 0) is 62.4 Å². The Kier molecular flexibility index (Phi) is 8.61. The van der Waals surface area contributed by atoms with Crippen LogP contribution in [0.1, 0.15) is 57.1 Å². The van der Waals surface area contributed by atoms with E-state index in [0.29, 0.717) is 42.3 Å². The van der Waals surface area contributed by atoms with Crippen molar-refractivity contribution in [2.45, 2.75) is 70.2 Å². The number of nitrogens with zero attached hydrogens (tertiary/aromatic N) is 4. The highest BCUT2D eigenvalue weighted by Gasteiger charge is 2.36. The molecule has 2 fully saturated rings. The highest BCUT2D eigenvalue weighted by molar-refractivity contribution is 5.89. The van der Waals surface area contributed by atoms with Crippen molar-refractivity contribution in [1.29, 1.82) is 0 Å². The van der Waals surface area contributed by atoms with Gasteiger partial charge in [0, 0.05) is 19.2 Å². The van der Waals surface area contributed by atoms with Gasteiger partial charge in [-0.25, -0.2) is 4.68 Å². The molecule has 0 unspecified atom stereocenters. The lowest BCUT2D eigenvalue weighted by Gasteiger charge is -2.34. The third kappa shape index (κ3) is 6.16. The summed E-state index contributed by atoms with van der Waals surface area (Å²) in [6, 6.07) is 12.2. The topological polar surface area (TPSA) is 108 Å². The van der Waals surface area contributed by atoms with E-state index in [2.05, 4.69) is 15.6 Å². The lowest BCUT2D eigenvalue weighted by molar-refractivity contribution is -0.143. The molecule has 1 saturated heterocycles. The summed E-state index contributed by atoms with van der Waals surface area (Å²) >= 11 is 0. The normalized spacial score (nSPS) is 18.3. The van der Waals surface area contributed by atoms with E-state index < -0.39 is 6.04 Å². The Morgan fingerprint density at radius 1 is 1.13 bits per heavy atom. The molecule has 2 aromatic carbocycles. The first kappa shape index (κ1) is 26.9. The van der Waals surface area contributed by atoms with Crippen molar-refractivity contribution in [3.8, 4) is 11.5 Å². The predicted molar refractivity (Wildman–Crippen MR) is 146 cm³/mol. The van der Waals surface area contributed by atoms with E-state index in [-0.39, 0.29) is 30.5 Å². The maximum Gasteiger partial charge on any atom is 0.247 e. The van der Waals surface area contributed by atoms with Crippen LogP contribution in [0.2, 0.25) is 0 Å². The molecule has 2 heterocycles. The fourth-order valence-electron chi connectivity index (χ4n) is 5.56. The van der Waals surface area contributed by atoms with Crippen LogP contribution in [0.4, 0.5) is 0 Å². The van der Waals surface area contributed by atoms with Crippen molar-refractivity contribution in [2.24, 2.45) is 0 Å². The maximum absolute atomic E-state index is 14.1. The molecule has 1 N–H and O–H groups in total. The molecule has 3 aromatic rings. The van der Waals surface area contributed by atoms with E-state index in [4.69, 9.17) is 14.2 Å². The van der Waals surface area contributed by atoms with E-state index >= 15 is 0 Å². The second-order valence-corrected chi connectivity index (χ2v) is 10.2. The van der Waals surface area contributed by atoms with E-state index in [1.807, 2.05) is 37.3 Å². The summed E-state index contributed by atoms with van der Waals surface area (Å²) in [6.07, 6.45) is 5.67. The van der Waals surface area contributed by atoms with Gasteiger partial charge in [-0.3, -0.25) is 9.59 Å². The summed E-state index contributed by atoms with van der Waals surface area (Å²) in [5, 5.41) is 11.6. The molecular weight excluding hydrogens is 498 g/mol. The Morgan fingerprint density at radius 2 is 1.95 bits per heavy atom. The Hall–Kier alpha value is -3.66. The number of fused-ring (bicyclic) bond motifs is 1. The smallest absolute Gasteiger partial charge is 0.247 e. The minimum absolute atomic E-state index is 0.0470. The van der Waals surface area contributed by atoms with Gasteiger partial charge in [-0.1, -0.05) is 36.3 Å². The number of ether oxygens (including phenoxy) is 3. The number of hydrogen-bond donors (Lipinski definition) is 1. The number of amides is 2. The number of nitrogens with one attached hydrogen (secondary N) is 1. The molecule has 1 aromatic heterocycles. The van der Waals surface area contributed by atoms with Crippen LogP contribution in [0.15, 0.2) is 42.5 Å². The van der Waals surface area contributed by atoms with E-state index in [0.717, 1.165) is 44.0 Å². The number of hydrogen-bond acceptors (Lipinski definition) is 7. The molecule has 5 rings (SSSR count). The lowest BCUT2D eigenvalue weighted by Crippen LogP contribution is -2.49. The molecule has 2 aliphatic rings. The van der Waals surface area contributed by atoms with Gasteiger partial charge in [-0.2, -0.15) is 0 Å². The first-order valence-corrected chi connectivity index (χ1v) is 13.9. The van der Waals surface area contributed by atoms with Gasteiger partial charge in [0.25, 0.3) is 0 Å². The Bertz CT molecular complexity index is 1280. The van der Waals surface area contributed by atoms with Gasteiger partial charge in [-0.15, -0.1) is 5.10 Å². The average molecular weight is 536 g/mol. The molecule has 39 heavy (non-hydrogen) atoms. The van der Waals surface area contributed by atoms with E-state index in [9.17, 15) is 9.59 Å². The Balaban J connectivity index is 1.51. The number of carbonyl (C=O) groups is 2. The Morgan fingerprint density at radius 3 is 2.69 bits per heavy atom. The number of benzene rings is 2. The van der Waals surface area contributed by atoms with E-state index in [1.54, 1.807) is 28.8 Å². The molecular formula is C29H37N5O5. The van der Waals surface area contributed by atoms with E-state index in [1.165, 1.54) is 0 Å². The highest BCUT2D eigenvalue weighted by atomic mass is 16.5. The summed E-state index contributed by atoms with van der Waals surface area (Å²) in [7, 11) is 1.57. The first-order chi connectivity index (χ1) is 19.1. The number of methoxy groups -OCH3 is 1. The summed E-state index contributed by atoms with van der Waals surface area (Å²) in [5.41, 5.74) is 2.13. The summed E-state index contributed by atoms with van der Waals surface area (Å²) in [5.74, 6) is 0.660. The van der Waals surface area contributed by atoms with Crippen LogP contribution in [0.25, 0.3) is 11.0 Å². The number of carbonyl (C=O) groups excluding carboxylic acids is 2. The molecule has 1 saturated carbocycles. The van der Waals surface area contributed by atoms with Crippen molar-refractivity contribution in [3.05, 3.63) is 48.0 Å². The molecule has 1 aliphatic carbocycles. The zero-order chi connectivity index (χ0) is 27.2. The second-order valence-electron chi connectivity index (χ2n) is 10.2. The third-order valence-electron chi connectivity index (χ3n) is 7.51. The second kappa shape index (κ2) is 12.5. The molecule has 0 spiro atoms. The molecule has 0 radical (unpaired) electrons. The van der Waals surface area contributed by atoms with Crippen molar-refractivity contribution in [3.63, 3.8) is 0 Å². The van der Waals surface area contributed by atoms with Gasteiger partial charge < -0.3 is 24.4 Å². The van der Waals surface area contributed by atoms with Crippen molar-refractivity contribution in [1.82, 2.24) is 25.2 Å². The van der Waals surface area contributed by atoms with Crippen LogP contribution in [0.5, 0.6) is 11.5 Å². The molecule has 0 bridgehead atoms. The van der Waals surface area contributed by atoms with Crippen LogP contribution in [0, 0.1) is 0 Å². The first-order valence-electron chi connectivity index (χ1n) is 13.9. The fourth-order valence-corrected chi connectivity index (χ4v) is 5.56. The largest absolute Gasteiger partial charge is 0.493 e. The fraction of sp³-hybridized carbons (Fsp3) is 0.517. The van der Waals surface area contributed by atoms with Gasteiger partial charge in [0.1, 0.15) is 18.1 Å². The standard InChI is InChI=1S/C29H37N5O5/c1-3-38-25-15-14-20(17-26(25)37-2)28(29(36)30-21-9-4-5-10-21)33(18-22-11-8-16-39-22)27(35)19-34-24-13-7-6-12-23(24)31-32-34/h6-7,12-15,17,21-22,28H,3-5,8-11,16,18-19H2,1-2H3,(H,30,36)/t22-,28-/m0/s1. The van der Waals surface area contributed by atoms with Gasteiger partial charge in [0.05, 0.1) is 25.3 Å². The van der Waals surface area contributed by atoms with Crippen LogP contribution >= 0.6 is 0 Å². The zero-order valence-electron chi connectivity index (χ0n) is 22.7. The predicted octanol–water partition coefficient (Wildman–Crippen LogP) is 3.65. The Labute approximate surface area is 228 Å².